The molecule has 0 aliphatic heterocycles. The van der Waals surface area contributed by atoms with Crippen LogP contribution in [-0.2, 0) is 49.6 Å². The third-order valence-corrected chi connectivity index (χ3v) is 9.35. The summed E-state index contributed by atoms with van der Waals surface area (Å²) in [6.07, 6.45) is 1.28. The summed E-state index contributed by atoms with van der Waals surface area (Å²) < 4.78 is 0. The Morgan fingerprint density at radius 1 is 0.754 bits per heavy atom. The van der Waals surface area contributed by atoms with Crippen molar-refractivity contribution in [2.45, 2.75) is 128 Å². The molecule has 9 atom stereocenters. The van der Waals surface area contributed by atoms with Gasteiger partial charge in [0.2, 0.25) is 41.4 Å². The summed E-state index contributed by atoms with van der Waals surface area (Å²) in [5.74, 6) is -10.1. The van der Waals surface area contributed by atoms with Crippen molar-refractivity contribution < 1.29 is 63.6 Å². The van der Waals surface area contributed by atoms with Crippen LogP contribution in [0.1, 0.15) is 78.8 Å². The van der Waals surface area contributed by atoms with Gasteiger partial charge in [-0.3, -0.25) is 38.4 Å². The molecule has 0 unspecified atom stereocenters. The van der Waals surface area contributed by atoms with Crippen LogP contribution in [0.5, 0.6) is 0 Å². The summed E-state index contributed by atoms with van der Waals surface area (Å²) in [7, 11) is 0. The molecule has 0 spiro atoms. The molecular weight excluding hydrogens is 806 g/mol. The first-order valence-corrected chi connectivity index (χ1v) is 19.9. The number of hydrogen-bond acceptors (Lipinski definition) is 14. The van der Waals surface area contributed by atoms with Crippen molar-refractivity contribution in [1.29, 1.82) is 0 Å². The number of aromatic nitrogens is 2. The molecule has 16 N–H and O–H groups in total. The largest absolute Gasteiger partial charge is 0.481 e. The Labute approximate surface area is 352 Å². The van der Waals surface area contributed by atoms with Crippen LogP contribution >= 0.6 is 0 Å². The lowest BCUT2D eigenvalue weighted by Gasteiger charge is -2.29. The highest BCUT2D eigenvalue weighted by atomic mass is 16.4. The van der Waals surface area contributed by atoms with Gasteiger partial charge >= 0.3 is 11.9 Å². The molecule has 7 amide bonds. The molecule has 344 valence electrons. The Balaban J connectivity index is 3.28. The van der Waals surface area contributed by atoms with Gasteiger partial charge < -0.3 is 74.1 Å². The van der Waals surface area contributed by atoms with Gasteiger partial charge in [0.25, 0.3) is 0 Å². The van der Waals surface area contributed by atoms with E-state index in [2.05, 4.69) is 47.2 Å². The number of rotatable bonds is 29. The van der Waals surface area contributed by atoms with E-state index in [1.807, 2.05) is 0 Å². The Bertz CT molecular complexity index is 1630. The van der Waals surface area contributed by atoms with Crippen LogP contribution in [0.3, 0.4) is 0 Å². The van der Waals surface area contributed by atoms with Crippen molar-refractivity contribution in [1.82, 2.24) is 47.2 Å². The maximum Gasteiger partial charge on any atom is 0.328 e. The highest BCUT2D eigenvalue weighted by Gasteiger charge is 2.35. The number of aromatic amines is 1. The first-order chi connectivity index (χ1) is 28.6. The Morgan fingerprint density at radius 2 is 1.34 bits per heavy atom. The minimum atomic E-state index is -1.81. The number of imidazole rings is 1. The molecule has 0 aliphatic carbocycles. The van der Waals surface area contributed by atoms with Gasteiger partial charge in [0.1, 0.15) is 36.3 Å². The molecule has 0 bridgehead atoms. The summed E-state index contributed by atoms with van der Waals surface area (Å²) in [6.45, 7) is 6.90. The van der Waals surface area contributed by atoms with E-state index < -0.39 is 127 Å². The second kappa shape index (κ2) is 27.2. The van der Waals surface area contributed by atoms with Crippen molar-refractivity contribution in [3.05, 3.63) is 18.2 Å². The fraction of sp³-hybridized carbons (Fsp3) is 0.676. The fourth-order valence-electron chi connectivity index (χ4n) is 5.70. The number of carboxylic acids is 2. The molecule has 24 heteroatoms. The number of nitrogens with zero attached hydrogens (tertiary/aromatic N) is 1. The Hall–Kier alpha value is -5.72. The zero-order valence-corrected chi connectivity index (χ0v) is 35.1. The molecule has 0 fully saturated rings. The van der Waals surface area contributed by atoms with E-state index in [9.17, 15) is 63.6 Å². The summed E-state index contributed by atoms with van der Waals surface area (Å²) in [5, 5.41) is 54.7. The number of aliphatic carboxylic acids is 2. The molecule has 1 aromatic heterocycles. The second-order valence-electron chi connectivity index (χ2n) is 15.0. The summed E-state index contributed by atoms with van der Waals surface area (Å²) in [6, 6.07) is -10.1. The quantitative estimate of drug-likeness (QED) is 0.0337. The van der Waals surface area contributed by atoms with Crippen molar-refractivity contribution >= 4 is 53.3 Å². The van der Waals surface area contributed by atoms with Gasteiger partial charge in [0.15, 0.2) is 6.04 Å². The summed E-state index contributed by atoms with van der Waals surface area (Å²) in [5.41, 5.74) is 11.4. The monoisotopic (exact) mass is 869 g/mol. The molecule has 1 aromatic rings. The van der Waals surface area contributed by atoms with E-state index in [-0.39, 0.29) is 37.4 Å². The number of carbonyl (C=O) groups is 9. The number of H-pyrrole nitrogens is 1. The van der Waals surface area contributed by atoms with Gasteiger partial charge in [-0.25, -0.2) is 9.78 Å². The lowest BCUT2D eigenvalue weighted by atomic mass is 9.96. The van der Waals surface area contributed by atoms with Crippen LogP contribution < -0.4 is 48.7 Å². The number of unbranched alkanes of at least 4 members (excludes halogenated alkanes) is 1. The minimum Gasteiger partial charge on any atom is -0.481 e. The molecule has 1 rings (SSSR count). The van der Waals surface area contributed by atoms with Crippen molar-refractivity contribution in [2.75, 3.05) is 19.7 Å². The van der Waals surface area contributed by atoms with Crippen molar-refractivity contribution in [3.63, 3.8) is 0 Å². The first-order valence-electron chi connectivity index (χ1n) is 19.9. The van der Waals surface area contributed by atoms with Gasteiger partial charge in [0, 0.05) is 12.6 Å². The van der Waals surface area contributed by atoms with Gasteiger partial charge in [-0.15, -0.1) is 0 Å². The van der Waals surface area contributed by atoms with E-state index in [1.165, 1.54) is 12.5 Å². The summed E-state index contributed by atoms with van der Waals surface area (Å²) in [4.78, 5) is 123. The van der Waals surface area contributed by atoms with Crippen LogP contribution in [-0.4, -0.2) is 152 Å². The van der Waals surface area contributed by atoms with E-state index in [0.717, 1.165) is 6.92 Å². The smallest absolute Gasteiger partial charge is 0.328 e. The van der Waals surface area contributed by atoms with Crippen molar-refractivity contribution in [3.8, 4) is 0 Å². The zero-order valence-electron chi connectivity index (χ0n) is 35.1. The number of carboxylic acid groups (broad SMARTS) is 2. The van der Waals surface area contributed by atoms with E-state index >= 15 is 0 Å². The predicted octanol–water partition coefficient (Wildman–Crippen LogP) is -4.54. The fourth-order valence-corrected chi connectivity index (χ4v) is 5.70. The number of aliphatic hydroxyl groups excluding tert-OH is 2. The normalized spacial score (nSPS) is 15.6. The van der Waals surface area contributed by atoms with Crippen LogP contribution in [0, 0.1) is 11.8 Å². The highest BCUT2D eigenvalue weighted by molar-refractivity contribution is 5.98. The SMILES string of the molecule is CC[C@H](C)[C@H](NC(=O)[C@H](CC(C)C)NC(=O)[C@@H](N)CO)C(=O)N[C@@H](Cc1c[nH]cn1)C(=O)N[C@@H](CC(=O)O)C(=O)NCC(=O)N[C@@H](CCCCN)C(=O)N[C@H](C(=O)O)[C@@H](C)O. The third-order valence-electron chi connectivity index (χ3n) is 9.35. The van der Waals surface area contributed by atoms with Gasteiger partial charge in [0.05, 0.1) is 37.7 Å². The predicted molar refractivity (Wildman–Crippen MR) is 215 cm³/mol. The standard InChI is InChI=1S/C37H63N11O13/c1-6-19(4)29(47-35(58)24(11-18(2)3)44-31(54)22(39)16-49)36(59)46-25(12-21-14-40-17-42-21)34(57)45-26(13-28(52)53)32(55)41-15-27(51)43-23(9-7-8-10-38)33(56)48-30(20(5)50)37(60)61/h14,17-20,22-26,29-30,49-50H,6-13,15-16,38-39H2,1-5H3,(H,40,42)(H,41,55)(H,43,51)(H,44,54)(H,45,57)(H,46,59)(H,47,58)(H,48,56)(H,52,53)(H,60,61)/t19-,20+,22-,23-,24-,25-,26-,29-,30-/m0/s1. The van der Waals surface area contributed by atoms with Gasteiger partial charge in [-0.1, -0.05) is 34.1 Å². The first kappa shape index (κ1) is 53.3. The molecule has 0 aromatic carbocycles. The maximum atomic E-state index is 13.9. The number of aliphatic hydroxyl groups is 2. The topological polar surface area (TPSA) is 399 Å². The molecule has 0 saturated carbocycles. The van der Waals surface area contributed by atoms with E-state index in [4.69, 9.17) is 11.5 Å². The molecular formula is C37H63N11O13. The second-order valence-corrected chi connectivity index (χ2v) is 15.0. The molecule has 1 heterocycles. The lowest BCUT2D eigenvalue weighted by Crippen LogP contribution is -2.61. The zero-order chi connectivity index (χ0) is 46.4. The third kappa shape index (κ3) is 19.5. The molecule has 0 saturated heterocycles. The van der Waals surface area contributed by atoms with Gasteiger partial charge in [-0.05, 0) is 51.0 Å². The molecule has 61 heavy (non-hydrogen) atoms. The Kier molecular flexibility index (Phi) is 23.8. The van der Waals surface area contributed by atoms with E-state index in [1.54, 1.807) is 27.7 Å². The maximum absolute atomic E-state index is 13.9. The van der Waals surface area contributed by atoms with Crippen molar-refractivity contribution in [2.24, 2.45) is 23.3 Å². The lowest BCUT2D eigenvalue weighted by molar-refractivity contribution is -0.145. The van der Waals surface area contributed by atoms with Crippen LogP contribution in [0.2, 0.25) is 0 Å². The summed E-state index contributed by atoms with van der Waals surface area (Å²) >= 11 is 0. The van der Waals surface area contributed by atoms with Crippen LogP contribution in [0.15, 0.2) is 12.5 Å². The van der Waals surface area contributed by atoms with Gasteiger partial charge in [-0.2, -0.15) is 0 Å². The molecule has 0 radical (unpaired) electrons. The number of carbonyl (C=O) groups excluding carboxylic acids is 7. The van der Waals surface area contributed by atoms with Crippen LogP contribution in [0.25, 0.3) is 0 Å². The average molecular weight is 870 g/mol. The average Bonchev–Trinajstić information content (AvgIpc) is 3.71. The number of nitrogens with one attached hydrogen (secondary N) is 8. The van der Waals surface area contributed by atoms with E-state index in [0.29, 0.717) is 19.3 Å². The minimum absolute atomic E-state index is 0.00562. The highest BCUT2D eigenvalue weighted by Crippen LogP contribution is 2.13. The molecule has 24 nitrogen and oxygen atoms in total. The Morgan fingerprint density at radius 3 is 1.87 bits per heavy atom. The molecule has 0 aliphatic rings. The number of hydrogen-bond donors (Lipinski definition) is 14. The number of nitrogens with two attached hydrogens (primary N) is 2. The van der Waals surface area contributed by atoms with Crippen LogP contribution in [0.4, 0.5) is 0 Å². The number of amides is 7.